The van der Waals surface area contributed by atoms with Crippen molar-refractivity contribution in [1.29, 1.82) is 0 Å². The number of carbonyl (C=O) groups is 8. The number of pyridine rings is 5. The summed E-state index contributed by atoms with van der Waals surface area (Å²) in [7, 11) is 17.7. The summed E-state index contributed by atoms with van der Waals surface area (Å²) in [5.41, 5.74) is 24.2. The van der Waals surface area contributed by atoms with Crippen LogP contribution in [0.1, 0.15) is 56.9 Å². The van der Waals surface area contributed by atoms with Gasteiger partial charge in [0.25, 0.3) is 29.1 Å². The second-order valence-electron chi connectivity index (χ2n) is 28.2. The minimum absolute atomic E-state index is 0. The van der Waals surface area contributed by atoms with Crippen LogP contribution in [0.2, 0.25) is 0 Å². The van der Waals surface area contributed by atoms with E-state index in [2.05, 4.69) is 123 Å². The number of aromatic carboxylic acids is 1. The van der Waals surface area contributed by atoms with Crippen molar-refractivity contribution < 1.29 is 236 Å². The molecule has 0 spiro atoms. The molecule has 0 unspecified atom stereocenters. The van der Waals surface area contributed by atoms with E-state index < -0.39 is 89.1 Å². The molecule has 14 aromatic rings. The first-order valence-electron chi connectivity index (χ1n) is 38.3. The van der Waals surface area contributed by atoms with Gasteiger partial charge in [-0.15, -0.1) is 12.4 Å². The van der Waals surface area contributed by atoms with Gasteiger partial charge in [0.05, 0.1) is 155 Å². The second-order valence-corrected chi connectivity index (χ2v) is 28.2. The molecule has 14 rings (SSSR count). The average molecular weight is 2130 g/mol. The molecule has 11 aromatic heterocycles. The summed E-state index contributed by atoms with van der Waals surface area (Å²) in [5.74, 6) is -4.93. The minimum Gasteiger partial charge on any atom is -1.00 e. The molecule has 696 valence electrons. The van der Waals surface area contributed by atoms with Crippen molar-refractivity contribution in [1.82, 2.24) is 71.8 Å². The molecule has 0 aliphatic carbocycles. The molecular formula is C85H99ClI2K2LiN19O23. The van der Waals surface area contributed by atoms with Crippen LogP contribution in [0.15, 0.2) is 194 Å². The Balaban J connectivity index is 0. The first-order valence-corrected chi connectivity index (χ1v) is 39.1. The molecular weight excluding hydrogens is 2030 g/mol. The Morgan fingerprint density at radius 1 is 0.541 bits per heavy atom. The number of aryl methyl sites for hydroxylation is 6. The maximum atomic E-state index is 13.2. The van der Waals surface area contributed by atoms with E-state index in [9.17, 15) is 62.3 Å². The van der Waals surface area contributed by atoms with Crippen molar-refractivity contribution in [2.24, 2.45) is 26.9 Å². The third-order valence-corrected chi connectivity index (χ3v) is 18.6. The van der Waals surface area contributed by atoms with Crippen LogP contribution >= 0.6 is 35.0 Å². The van der Waals surface area contributed by atoms with Crippen LogP contribution in [0, 0.1) is 20.8 Å². The second kappa shape index (κ2) is 59.4. The first-order chi connectivity index (χ1) is 60.8. The standard InChI is InChI=1S/C21H20N4O4.C20H18N4O4.C14H21N2.C10H9N3O4.C9H11N3O3.C6H6N2O2.C3H7NO2.CH3I.CH2O3.ClH.HI.2K.Li.H2O.H/c1-13-5-4-6-16-19(13)14(10-23(16)2)11-24-17-9-22-8-7-15(17)20(27)25(21(24)28)12-18(26)29-3;1-12-4-3-5-15-18(12)13(9-22(15)2)10-23-16-8-21-7-6-14(16)19(27)24(20(23)28)11-17(25)26;1-11-7-6-8-13-14(11)12(9-15(13)2)10-16(3,4)5;1-17-8(14)5-13-9(15)6-2-3-11-4-7(6)12-10(13)16;1-15-8(13)5-12-9(14)6-2-3-11-4-7(6)10;7-5-3-8-2-1-4(5)6(9)10;1-6-3(5)2-4;1-2;2-1-4-3;;;;;;;/h4-10H,11-12H2,1-3H3;3-9H,10-11H2,1-2H3,(H,25,26);6-9H,10H2,1-5H3;2-4H,5H2,1H3,(H,12,16);2-4H,5,10H2,1H3,(H,12,14);1-3H,7H2,(H,9,10);2,4H2,1H3;1H3;1,3H;2*1H;;;;1H2;/q;;+1;;;;;;;;;3*+1;;-1/p-3/i;;;;;;;1D;;;;;;;;. The molecule has 11 N–H and O–H groups in total. The van der Waals surface area contributed by atoms with E-state index in [1.165, 1.54) is 146 Å². The zero-order chi connectivity index (χ0) is 95.0. The van der Waals surface area contributed by atoms with E-state index in [0.29, 0.717) is 32.2 Å². The number of alkyl halides is 1. The molecule has 0 bridgehead atoms. The summed E-state index contributed by atoms with van der Waals surface area (Å²) in [4.78, 5) is 185. The summed E-state index contributed by atoms with van der Waals surface area (Å²) in [5, 5.41) is 32.8. The molecule has 1 amide bonds. The van der Waals surface area contributed by atoms with Crippen molar-refractivity contribution >= 4 is 160 Å². The van der Waals surface area contributed by atoms with Gasteiger partial charge in [-0.3, -0.25) is 82.0 Å². The van der Waals surface area contributed by atoms with Gasteiger partial charge in [0.15, 0.2) is 0 Å². The van der Waals surface area contributed by atoms with Crippen LogP contribution in [-0.2, 0) is 113 Å². The number of benzene rings is 3. The molecule has 0 atom stereocenters. The zero-order valence-electron chi connectivity index (χ0n) is 77.7. The number of quaternary nitrogens is 1. The summed E-state index contributed by atoms with van der Waals surface area (Å²) < 4.78 is 36.3. The van der Waals surface area contributed by atoms with Crippen molar-refractivity contribution in [2.45, 2.75) is 60.0 Å². The average Bonchev–Trinajstić information content (AvgIpc) is 1.74. The van der Waals surface area contributed by atoms with Gasteiger partial charge >= 0.3 is 175 Å². The van der Waals surface area contributed by atoms with Crippen molar-refractivity contribution in [2.75, 3.05) is 79.0 Å². The Bertz CT molecular complexity index is 6780. The fraction of sp³-hybridized carbons (Fsp3) is 0.259. The molecule has 0 aliphatic rings. The van der Waals surface area contributed by atoms with Crippen LogP contribution in [0.5, 0.6) is 0 Å². The number of amides is 1. The number of halogens is 3. The Kier molecular flexibility index (Phi) is 53.9. The van der Waals surface area contributed by atoms with Gasteiger partial charge in [0.1, 0.15) is 32.7 Å². The van der Waals surface area contributed by atoms with E-state index in [4.69, 9.17) is 38.8 Å². The number of anilines is 2. The number of nitrogens with one attached hydrogen (secondary N) is 2. The summed E-state index contributed by atoms with van der Waals surface area (Å²) >= 11 is 1.96. The van der Waals surface area contributed by atoms with Gasteiger partial charge in [0, 0.05) is 110 Å². The summed E-state index contributed by atoms with van der Waals surface area (Å²) in [6, 6.07) is 25.9. The van der Waals surface area contributed by atoms with Crippen LogP contribution in [0.3, 0.4) is 0 Å². The van der Waals surface area contributed by atoms with Crippen LogP contribution in [-0.4, -0.2) is 202 Å². The molecule has 0 radical (unpaired) electrons. The number of carboxylic acids is 2. The maximum absolute atomic E-state index is 13.2. The minimum atomic E-state index is -1.25. The number of fused-ring (bicyclic) bond motifs is 6. The number of aliphatic carboxylic acids is 1. The molecule has 0 fully saturated rings. The van der Waals surface area contributed by atoms with Gasteiger partial charge in [0.2, 0.25) is 0 Å². The first kappa shape index (κ1) is 121. The monoisotopic (exact) mass is 2130 g/mol. The SMILES string of the molecule is COC(=O)CN.COC(=O)CNC(=O)c1ccncc1N.COC(=O)Cn1c(=O)[nH]c2cnccc2c1=O.COC(=O)Cn1c(=O)c2ccncc2n(Cc2cn(C)c3cccc(C)c23)c1=O.Cc1cccc2c1c(C[N+](C)(C)C)cn2C.Cc1cccc2c1c(Cn1c(=O)n(CC(=O)O)c(=O)c3ccncc31)cn2C.Cl.Nc1cnccc1C(=O)O.O=CO[O-].[2H]CI.[H-].[I-].[K+].[K+].[Li+].[OH-]. The number of nitrogens with zero attached hydrogens (tertiary/aromatic N) is 14. The third-order valence-electron chi connectivity index (χ3n) is 18.6. The van der Waals surface area contributed by atoms with E-state index in [0.717, 1.165) is 68.8 Å². The quantitative estimate of drug-likeness (QED) is 0.00483. The molecule has 0 saturated carbocycles. The van der Waals surface area contributed by atoms with Gasteiger partial charge in [-0.2, -0.15) is 0 Å². The van der Waals surface area contributed by atoms with Gasteiger partial charge in [-0.05, 0) is 102 Å². The molecule has 0 aliphatic heterocycles. The summed E-state index contributed by atoms with van der Waals surface area (Å²) in [6.45, 7) is 5.78. The van der Waals surface area contributed by atoms with Crippen LogP contribution < -0.4 is 207 Å². The van der Waals surface area contributed by atoms with Crippen molar-refractivity contribution in [3.05, 3.63) is 273 Å². The van der Waals surface area contributed by atoms with Crippen LogP contribution in [0.4, 0.5) is 11.4 Å². The number of nitrogens with two attached hydrogens (primary N) is 3. The molecule has 0 saturated heterocycles. The number of hydrogen-bond donors (Lipinski definition) is 7. The number of esters is 4. The largest absolute Gasteiger partial charge is 1.00 e. The smallest absolute Gasteiger partial charge is 1.00 e. The molecule has 48 heteroatoms. The fourth-order valence-electron chi connectivity index (χ4n) is 12.9. The molecule has 42 nitrogen and oxygen atoms in total. The number of H-pyrrole nitrogens is 1. The third kappa shape index (κ3) is 33.6. The number of hydrogen-bond acceptors (Lipinski definition) is 29. The zero-order valence-corrected chi connectivity index (χ0v) is 87.1. The Morgan fingerprint density at radius 2 is 0.895 bits per heavy atom. The van der Waals surface area contributed by atoms with Crippen LogP contribution in [0.25, 0.3) is 65.4 Å². The predicted molar refractivity (Wildman–Crippen MR) is 489 cm³/mol. The van der Waals surface area contributed by atoms with Crippen molar-refractivity contribution in [3.8, 4) is 0 Å². The van der Waals surface area contributed by atoms with Gasteiger partial charge < -0.3 is 116 Å². The number of carbonyl (C=O) groups excluding carboxylic acids is 6. The normalized spacial score (nSPS) is 10.1. The predicted octanol–water partition coefficient (Wildman–Crippen LogP) is -8.07. The number of nitrogen functional groups attached to an aromatic ring is 2. The molecule has 3 aromatic carbocycles. The van der Waals surface area contributed by atoms with E-state index in [-0.39, 0.29) is 231 Å². The summed E-state index contributed by atoms with van der Waals surface area (Å²) in [6.07, 6.45) is 20.4. The maximum Gasteiger partial charge on any atom is 1.00 e. The molecule has 133 heavy (non-hydrogen) atoms. The van der Waals surface area contributed by atoms with E-state index in [1.54, 1.807) is 6.07 Å². The Morgan fingerprint density at radius 3 is 1.26 bits per heavy atom. The van der Waals surface area contributed by atoms with Gasteiger partial charge in [-0.1, -0.05) is 59.0 Å². The molecule has 11 heterocycles. The number of rotatable bonds is 18. The number of methoxy groups -OCH3 is 4. The van der Waals surface area contributed by atoms with E-state index in [1.807, 2.05) is 108 Å². The number of aromatic nitrogens is 14. The number of ether oxygens (including phenoxy) is 4. The Labute approximate surface area is 895 Å². The van der Waals surface area contributed by atoms with Gasteiger partial charge in [-0.25, -0.2) is 32.9 Å². The number of aromatic amines is 1. The van der Waals surface area contributed by atoms with Crippen molar-refractivity contribution in [3.63, 3.8) is 0 Å². The fourth-order valence-corrected chi connectivity index (χ4v) is 12.9. The topological polar surface area (TPSA) is 588 Å². The Hall–Kier alpha value is -10.3. The van der Waals surface area contributed by atoms with E-state index >= 15 is 0 Å². The number of carboxylic acid groups (broad SMARTS) is 2.